The number of aromatic nitrogens is 3. The smallest absolute Gasteiger partial charge is 0.217 e. The minimum Gasteiger partial charge on any atom is -0.370 e. The second-order valence-corrected chi connectivity index (χ2v) is 6.58. The maximum absolute atomic E-state index is 11.2. The average Bonchev–Trinajstić information content (AvgIpc) is 3.15. The minimum atomic E-state index is -0.220. The van der Waals surface area contributed by atoms with Crippen LogP contribution in [0.3, 0.4) is 0 Å². The van der Waals surface area contributed by atoms with Crippen molar-refractivity contribution in [1.29, 1.82) is 0 Å². The van der Waals surface area contributed by atoms with Gasteiger partial charge in [-0.15, -0.1) is 34.2 Å². The fraction of sp³-hybridized carbons (Fsp3) is 0.750. The topological polar surface area (TPSA) is 101 Å². The average molecular weight is 461 g/mol. The van der Waals surface area contributed by atoms with E-state index in [1.54, 1.807) is 0 Å². The van der Waals surface area contributed by atoms with Crippen LogP contribution in [0.25, 0.3) is 0 Å². The number of carbonyl (C=O) groups is 1. The molecule has 2 aliphatic heterocycles. The number of hydrogen-bond donors (Lipinski definition) is 2. The summed E-state index contributed by atoms with van der Waals surface area (Å²) < 4.78 is 2.18. The summed E-state index contributed by atoms with van der Waals surface area (Å²) in [6.45, 7) is 6.19. The number of likely N-dealkylation sites (tertiary alicyclic amines) is 1. The molecule has 2 aliphatic rings. The summed E-state index contributed by atoms with van der Waals surface area (Å²) in [5, 5.41) is 11.9. The molecule has 3 heterocycles. The zero-order chi connectivity index (χ0) is 16.9. The second kappa shape index (κ2) is 9.35. The van der Waals surface area contributed by atoms with Crippen molar-refractivity contribution in [3.8, 4) is 0 Å². The number of hydrogen-bond acceptors (Lipinski definition) is 4. The molecule has 0 radical (unpaired) electrons. The molecule has 25 heavy (non-hydrogen) atoms. The first-order chi connectivity index (χ1) is 11.7. The summed E-state index contributed by atoms with van der Waals surface area (Å²) in [5.74, 6) is 3.00. The second-order valence-electron chi connectivity index (χ2n) is 6.58. The van der Waals surface area contributed by atoms with Crippen LogP contribution >= 0.6 is 24.0 Å². The van der Waals surface area contributed by atoms with Crippen LogP contribution in [-0.2, 0) is 24.3 Å². The van der Waals surface area contributed by atoms with Gasteiger partial charge in [0.2, 0.25) is 5.91 Å². The van der Waals surface area contributed by atoms with Gasteiger partial charge in [-0.25, -0.2) is 4.99 Å². The van der Waals surface area contributed by atoms with Gasteiger partial charge in [-0.2, -0.15) is 0 Å². The molecule has 1 saturated heterocycles. The highest BCUT2D eigenvalue weighted by Gasteiger charge is 2.24. The summed E-state index contributed by atoms with van der Waals surface area (Å²) in [6, 6.07) is 0. The van der Waals surface area contributed by atoms with E-state index in [0.717, 1.165) is 69.5 Å². The number of rotatable bonds is 5. The van der Waals surface area contributed by atoms with Gasteiger partial charge in [-0.1, -0.05) is 0 Å². The van der Waals surface area contributed by atoms with Crippen LogP contribution in [0.15, 0.2) is 4.99 Å². The Morgan fingerprint density at radius 2 is 2.20 bits per heavy atom. The summed E-state index contributed by atoms with van der Waals surface area (Å²) in [6.07, 6.45) is 4.72. The normalized spacial score (nSPS) is 20.1. The van der Waals surface area contributed by atoms with E-state index in [4.69, 9.17) is 10.7 Å². The maximum atomic E-state index is 11.2. The summed E-state index contributed by atoms with van der Waals surface area (Å²) >= 11 is 0. The van der Waals surface area contributed by atoms with Gasteiger partial charge in [-0.05, 0) is 32.1 Å². The van der Waals surface area contributed by atoms with Crippen LogP contribution < -0.4 is 11.1 Å². The molecule has 1 aromatic rings. The molecule has 9 heteroatoms. The van der Waals surface area contributed by atoms with E-state index in [9.17, 15) is 4.79 Å². The van der Waals surface area contributed by atoms with E-state index in [1.165, 1.54) is 0 Å². The van der Waals surface area contributed by atoms with Crippen LogP contribution in [0.4, 0.5) is 0 Å². The van der Waals surface area contributed by atoms with Crippen LogP contribution in [0, 0.1) is 5.92 Å². The maximum Gasteiger partial charge on any atom is 0.217 e. The summed E-state index contributed by atoms with van der Waals surface area (Å²) in [4.78, 5) is 18.2. The molecule has 3 N–H and O–H groups in total. The first-order valence-corrected chi connectivity index (χ1v) is 8.90. The number of nitrogens with zero attached hydrogens (tertiary/aromatic N) is 5. The predicted molar refractivity (Wildman–Crippen MR) is 107 cm³/mol. The van der Waals surface area contributed by atoms with Crippen molar-refractivity contribution in [2.45, 2.75) is 52.1 Å². The van der Waals surface area contributed by atoms with Crippen LogP contribution in [0.1, 0.15) is 44.3 Å². The van der Waals surface area contributed by atoms with Gasteiger partial charge in [0, 0.05) is 39.0 Å². The van der Waals surface area contributed by atoms with Crippen molar-refractivity contribution >= 4 is 35.8 Å². The number of piperidine rings is 1. The Hall–Kier alpha value is -1.39. The molecule has 1 aromatic heterocycles. The monoisotopic (exact) mass is 461 g/mol. The molecule has 3 rings (SSSR count). The molecular weight excluding hydrogens is 433 g/mol. The van der Waals surface area contributed by atoms with Gasteiger partial charge in [0.25, 0.3) is 0 Å². The minimum absolute atomic E-state index is 0. The van der Waals surface area contributed by atoms with Gasteiger partial charge in [0.15, 0.2) is 11.8 Å². The van der Waals surface area contributed by atoms with E-state index >= 15 is 0 Å². The van der Waals surface area contributed by atoms with Gasteiger partial charge in [0.05, 0.1) is 0 Å². The Kier molecular flexibility index (Phi) is 7.45. The number of amides is 1. The Morgan fingerprint density at radius 3 is 2.96 bits per heavy atom. The number of nitrogens with one attached hydrogen (secondary N) is 1. The molecule has 0 bridgehead atoms. The Bertz CT molecular complexity index is 616. The van der Waals surface area contributed by atoms with Crippen molar-refractivity contribution in [1.82, 2.24) is 25.0 Å². The fourth-order valence-corrected chi connectivity index (χ4v) is 3.61. The molecule has 0 aliphatic carbocycles. The van der Waals surface area contributed by atoms with Crippen molar-refractivity contribution in [2.75, 3.05) is 19.6 Å². The lowest BCUT2D eigenvalue weighted by Gasteiger charge is -2.34. The zero-order valence-electron chi connectivity index (χ0n) is 14.8. The molecule has 0 aromatic carbocycles. The molecule has 0 spiro atoms. The van der Waals surface area contributed by atoms with Crippen molar-refractivity contribution in [3.63, 3.8) is 0 Å². The first kappa shape index (κ1) is 19.9. The number of primary amides is 1. The quantitative estimate of drug-likeness (QED) is 0.386. The third kappa shape index (κ3) is 5.05. The molecule has 1 fully saturated rings. The highest BCUT2D eigenvalue weighted by atomic mass is 127. The van der Waals surface area contributed by atoms with E-state index in [0.29, 0.717) is 18.9 Å². The third-order valence-electron chi connectivity index (χ3n) is 4.70. The molecule has 1 unspecified atom stereocenters. The lowest BCUT2D eigenvalue weighted by molar-refractivity contribution is -0.119. The lowest BCUT2D eigenvalue weighted by Crippen LogP contribution is -2.47. The number of carbonyl (C=O) groups excluding carboxylic acids is 1. The number of aryl methyl sites for hydroxylation is 1. The van der Waals surface area contributed by atoms with Crippen LogP contribution in [0.2, 0.25) is 0 Å². The number of aliphatic imine (C=N–C) groups is 1. The number of nitrogens with two attached hydrogens (primary N) is 1. The van der Waals surface area contributed by atoms with E-state index in [1.807, 2.05) is 0 Å². The molecule has 1 atom stereocenters. The van der Waals surface area contributed by atoms with Crippen molar-refractivity contribution in [2.24, 2.45) is 16.6 Å². The Balaban J connectivity index is 0.00000225. The predicted octanol–water partition coefficient (Wildman–Crippen LogP) is 0.895. The van der Waals surface area contributed by atoms with Gasteiger partial charge < -0.3 is 20.5 Å². The SMILES string of the molecule is CCNC(=NCc1nnc2n1CCC2)N1CCCC(CC(N)=O)C1.I. The third-order valence-corrected chi connectivity index (χ3v) is 4.70. The summed E-state index contributed by atoms with van der Waals surface area (Å²) in [7, 11) is 0. The van der Waals surface area contributed by atoms with Crippen molar-refractivity contribution < 1.29 is 4.79 Å². The fourth-order valence-electron chi connectivity index (χ4n) is 3.61. The molecule has 0 saturated carbocycles. The zero-order valence-corrected chi connectivity index (χ0v) is 17.1. The Labute approximate surface area is 165 Å². The van der Waals surface area contributed by atoms with Gasteiger partial charge in [-0.3, -0.25) is 4.79 Å². The summed E-state index contributed by atoms with van der Waals surface area (Å²) in [5.41, 5.74) is 5.36. The lowest BCUT2D eigenvalue weighted by atomic mass is 9.95. The molecule has 8 nitrogen and oxygen atoms in total. The standard InChI is InChI=1S/C16H27N7O.HI/c1-2-18-16(22-7-3-5-12(11-22)9-13(17)24)19-10-15-21-20-14-6-4-8-23(14)15;/h12H,2-11H2,1H3,(H2,17,24)(H,18,19);1H. The number of guanidine groups is 1. The largest absolute Gasteiger partial charge is 0.370 e. The van der Waals surface area contributed by atoms with Crippen molar-refractivity contribution in [3.05, 3.63) is 11.6 Å². The van der Waals surface area contributed by atoms with Crippen LogP contribution in [0.5, 0.6) is 0 Å². The molecule has 140 valence electrons. The Morgan fingerprint density at radius 1 is 1.36 bits per heavy atom. The van der Waals surface area contributed by atoms with Gasteiger partial charge in [0.1, 0.15) is 12.4 Å². The van der Waals surface area contributed by atoms with E-state index < -0.39 is 0 Å². The molecular formula is C16H28IN7O. The first-order valence-electron chi connectivity index (χ1n) is 8.90. The number of halogens is 1. The number of fused-ring (bicyclic) bond motifs is 1. The van der Waals surface area contributed by atoms with E-state index in [-0.39, 0.29) is 29.9 Å². The highest BCUT2D eigenvalue weighted by Crippen LogP contribution is 2.20. The highest BCUT2D eigenvalue weighted by molar-refractivity contribution is 14.0. The molecule has 1 amide bonds. The van der Waals surface area contributed by atoms with E-state index in [2.05, 4.69) is 31.9 Å². The van der Waals surface area contributed by atoms with Gasteiger partial charge >= 0.3 is 0 Å². The van der Waals surface area contributed by atoms with Crippen LogP contribution in [-0.4, -0.2) is 51.2 Å².